The van der Waals surface area contributed by atoms with Crippen molar-refractivity contribution in [3.8, 4) is 0 Å². The number of rotatable bonds is 6. The summed E-state index contributed by atoms with van der Waals surface area (Å²) in [5, 5.41) is 5.45. The Kier molecular flexibility index (Phi) is 7.01. The summed E-state index contributed by atoms with van der Waals surface area (Å²) in [6.45, 7) is 3.08. The molecule has 2 N–H and O–H groups in total. The van der Waals surface area contributed by atoms with E-state index in [1.54, 1.807) is 35.7 Å². The van der Waals surface area contributed by atoms with Crippen LogP contribution < -0.4 is 10.0 Å². The molecule has 1 aromatic heterocycles. The first-order valence-corrected chi connectivity index (χ1v) is 11.9. The Balaban J connectivity index is 1.53. The maximum atomic E-state index is 12.6. The van der Waals surface area contributed by atoms with Crippen molar-refractivity contribution in [3.63, 3.8) is 0 Å². The molecule has 1 aliphatic heterocycles. The molecule has 28 heavy (non-hydrogen) atoms. The number of likely N-dealkylation sites (tertiary alicyclic amines) is 1. The van der Waals surface area contributed by atoms with Crippen molar-refractivity contribution in [2.24, 2.45) is 0 Å². The number of piperidine rings is 1. The zero-order valence-corrected chi connectivity index (χ0v) is 18.3. The van der Waals surface area contributed by atoms with Gasteiger partial charge in [-0.1, -0.05) is 29.3 Å². The van der Waals surface area contributed by atoms with E-state index in [0.717, 1.165) is 0 Å². The molecule has 0 saturated carbocycles. The molecule has 152 valence electrons. The molecule has 1 aliphatic rings. The molecule has 0 aliphatic carbocycles. The molecule has 1 amide bonds. The van der Waals surface area contributed by atoms with Crippen LogP contribution >= 0.6 is 34.5 Å². The van der Waals surface area contributed by atoms with E-state index in [9.17, 15) is 13.2 Å². The number of benzene rings is 1. The molecule has 0 spiro atoms. The fourth-order valence-electron chi connectivity index (χ4n) is 3.09. The first kappa shape index (κ1) is 21.5. The summed E-state index contributed by atoms with van der Waals surface area (Å²) in [4.78, 5) is 14.6. The second-order valence-corrected chi connectivity index (χ2v) is 10.4. The van der Waals surface area contributed by atoms with Crippen LogP contribution in [0.4, 0.5) is 5.69 Å². The minimum absolute atomic E-state index is 0.135. The van der Waals surface area contributed by atoms with Crippen LogP contribution in [-0.4, -0.2) is 44.4 Å². The topological polar surface area (TPSA) is 78.5 Å². The van der Waals surface area contributed by atoms with Gasteiger partial charge >= 0.3 is 0 Å². The van der Waals surface area contributed by atoms with Gasteiger partial charge in [0, 0.05) is 24.2 Å². The first-order chi connectivity index (χ1) is 13.3. The lowest BCUT2D eigenvalue weighted by atomic mass is 10.0. The largest absolute Gasteiger partial charge is 0.323 e. The molecule has 1 saturated heterocycles. The highest BCUT2D eigenvalue weighted by molar-refractivity contribution is 7.91. The standard InChI is InChI=1S/C18H21Cl2N3O3S2/c1-12(18(24)21-16-5-4-13(19)11-15(16)20)23-8-6-14(7-9-23)22-28(25,26)17-3-2-10-27-17/h2-5,10-12,14,22H,6-9H2,1H3,(H,21,24)/t12-/m0/s1. The van der Waals surface area contributed by atoms with Gasteiger partial charge in [-0.3, -0.25) is 9.69 Å². The maximum Gasteiger partial charge on any atom is 0.250 e. The minimum Gasteiger partial charge on any atom is -0.323 e. The molecule has 6 nitrogen and oxygen atoms in total. The lowest BCUT2D eigenvalue weighted by Gasteiger charge is -2.35. The number of carbonyl (C=O) groups is 1. The molecule has 3 rings (SSSR count). The number of nitrogens with one attached hydrogen (secondary N) is 2. The SMILES string of the molecule is C[C@@H](C(=O)Nc1ccc(Cl)cc1Cl)N1CCC(NS(=O)(=O)c2cccs2)CC1. The number of sulfonamides is 1. The third kappa shape index (κ3) is 5.25. The highest BCUT2D eigenvalue weighted by Gasteiger charge is 2.29. The van der Waals surface area contributed by atoms with Gasteiger partial charge in [0.05, 0.1) is 16.8 Å². The Morgan fingerprint density at radius 2 is 1.96 bits per heavy atom. The van der Waals surface area contributed by atoms with Crippen molar-refractivity contribution in [2.45, 2.75) is 36.1 Å². The molecule has 0 radical (unpaired) electrons. The molecule has 1 atom stereocenters. The van der Waals surface area contributed by atoms with E-state index >= 15 is 0 Å². The average molecular weight is 462 g/mol. The number of halogens is 2. The molecule has 1 fully saturated rings. The summed E-state index contributed by atoms with van der Waals surface area (Å²) in [7, 11) is -3.47. The number of anilines is 1. The van der Waals surface area contributed by atoms with Crippen molar-refractivity contribution in [2.75, 3.05) is 18.4 Å². The van der Waals surface area contributed by atoms with E-state index in [1.807, 2.05) is 11.8 Å². The van der Waals surface area contributed by atoms with Crippen LogP contribution in [0.3, 0.4) is 0 Å². The number of nitrogens with zero attached hydrogens (tertiary/aromatic N) is 1. The fraction of sp³-hybridized carbons (Fsp3) is 0.389. The third-order valence-electron chi connectivity index (χ3n) is 4.73. The van der Waals surface area contributed by atoms with E-state index in [-0.39, 0.29) is 18.0 Å². The number of thiophene rings is 1. The molecule has 2 heterocycles. The Morgan fingerprint density at radius 3 is 2.57 bits per heavy atom. The van der Waals surface area contributed by atoms with Crippen LogP contribution in [0.25, 0.3) is 0 Å². The Morgan fingerprint density at radius 1 is 1.25 bits per heavy atom. The zero-order chi connectivity index (χ0) is 20.3. The zero-order valence-electron chi connectivity index (χ0n) is 15.2. The van der Waals surface area contributed by atoms with E-state index in [1.165, 1.54) is 11.3 Å². The number of amides is 1. The van der Waals surface area contributed by atoms with Crippen molar-refractivity contribution in [1.82, 2.24) is 9.62 Å². The Hall–Kier alpha value is -1.16. The van der Waals surface area contributed by atoms with Crippen LogP contribution in [0.5, 0.6) is 0 Å². The minimum atomic E-state index is -3.47. The van der Waals surface area contributed by atoms with Crippen molar-refractivity contribution in [3.05, 3.63) is 45.8 Å². The van der Waals surface area contributed by atoms with Gasteiger partial charge in [0.2, 0.25) is 15.9 Å². The lowest BCUT2D eigenvalue weighted by Crippen LogP contribution is -2.50. The molecule has 1 aromatic carbocycles. The summed E-state index contributed by atoms with van der Waals surface area (Å²) < 4.78 is 27.8. The monoisotopic (exact) mass is 461 g/mol. The van der Waals surface area contributed by atoms with E-state index in [2.05, 4.69) is 10.0 Å². The molecule has 0 bridgehead atoms. The predicted molar refractivity (Wildman–Crippen MR) is 114 cm³/mol. The molecular formula is C18H21Cl2N3O3S2. The van der Waals surface area contributed by atoms with Crippen LogP contribution in [-0.2, 0) is 14.8 Å². The average Bonchev–Trinajstić information content (AvgIpc) is 3.19. The Bertz CT molecular complexity index is 928. The quantitative estimate of drug-likeness (QED) is 0.684. The van der Waals surface area contributed by atoms with E-state index in [0.29, 0.717) is 45.9 Å². The number of hydrogen-bond donors (Lipinski definition) is 2. The normalized spacial score (nSPS) is 17.4. The molecule has 2 aromatic rings. The van der Waals surface area contributed by atoms with Crippen LogP contribution in [0.2, 0.25) is 10.0 Å². The van der Waals surface area contributed by atoms with Gasteiger partial charge in [0.1, 0.15) is 4.21 Å². The van der Waals surface area contributed by atoms with Crippen molar-refractivity contribution >= 4 is 56.2 Å². The molecular weight excluding hydrogens is 441 g/mol. The van der Waals surface area contributed by atoms with Crippen molar-refractivity contribution < 1.29 is 13.2 Å². The highest BCUT2D eigenvalue weighted by Crippen LogP contribution is 2.26. The molecule has 0 unspecified atom stereocenters. The van der Waals surface area contributed by atoms with Crippen LogP contribution in [0.15, 0.2) is 39.9 Å². The first-order valence-electron chi connectivity index (χ1n) is 8.82. The van der Waals surface area contributed by atoms with E-state index < -0.39 is 10.0 Å². The summed E-state index contributed by atoms with van der Waals surface area (Å²) in [5.41, 5.74) is 0.515. The Labute approximate surface area is 178 Å². The number of carbonyl (C=O) groups excluding carboxylic acids is 1. The molecule has 10 heteroatoms. The van der Waals surface area contributed by atoms with E-state index in [4.69, 9.17) is 23.2 Å². The smallest absolute Gasteiger partial charge is 0.250 e. The summed E-state index contributed by atoms with van der Waals surface area (Å²) >= 11 is 13.2. The van der Waals surface area contributed by atoms with Gasteiger partial charge < -0.3 is 5.32 Å². The number of hydrogen-bond acceptors (Lipinski definition) is 5. The van der Waals surface area contributed by atoms with Crippen LogP contribution in [0.1, 0.15) is 19.8 Å². The summed E-state index contributed by atoms with van der Waals surface area (Å²) in [5.74, 6) is -0.165. The third-order valence-corrected chi connectivity index (χ3v) is 8.19. The van der Waals surface area contributed by atoms with Gasteiger partial charge in [0.25, 0.3) is 0 Å². The van der Waals surface area contributed by atoms with Gasteiger partial charge in [-0.05, 0) is 49.4 Å². The highest BCUT2D eigenvalue weighted by atomic mass is 35.5. The summed E-state index contributed by atoms with van der Waals surface area (Å²) in [6, 6.07) is 7.73. The summed E-state index contributed by atoms with van der Waals surface area (Å²) in [6.07, 6.45) is 1.29. The second kappa shape index (κ2) is 9.11. The van der Waals surface area contributed by atoms with Gasteiger partial charge in [0.15, 0.2) is 0 Å². The fourth-order valence-corrected chi connectivity index (χ4v) is 5.86. The second-order valence-electron chi connectivity index (χ2n) is 6.65. The predicted octanol–water partition coefficient (Wildman–Crippen LogP) is 3.82. The lowest BCUT2D eigenvalue weighted by molar-refractivity contribution is -0.121. The van der Waals surface area contributed by atoms with Gasteiger partial charge in [-0.25, -0.2) is 13.1 Å². The van der Waals surface area contributed by atoms with Gasteiger partial charge in [-0.15, -0.1) is 11.3 Å². The van der Waals surface area contributed by atoms with Crippen molar-refractivity contribution in [1.29, 1.82) is 0 Å². The van der Waals surface area contributed by atoms with Crippen LogP contribution in [0, 0.1) is 0 Å². The van der Waals surface area contributed by atoms with Gasteiger partial charge in [-0.2, -0.15) is 0 Å². The maximum absolute atomic E-state index is 12.6.